The van der Waals surface area contributed by atoms with Gasteiger partial charge in [-0.2, -0.15) is 0 Å². The highest BCUT2D eigenvalue weighted by Gasteiger charge is 2.05. The van der Waals surface area contributed by atoms with Gasteiger partial charge in [0.15, 0.2) is 0 Å². The van der Waals surface area contributed by atoms with Crippen LogP contribution in [0.5, 0.6) is 5.75 Å². The number of hydrogen-bond donors (Lipinski definition) is 1. The van der Waals surface area contributed by atoms with Gasteiger partial charge in [-0.05, 0) is 18.1 Å². The van der Waals surface area contributed by atoms with Crippen LogP contribution in [0.15, 0.2) is 18.2 Å². The first-order valence-corrected chi connectivity index (χ1v) is 4.62. The fraction of sp³-hybridized carbons (Fsp3) is 0.333. The SMILES string of the molecule is CC(Br)Cc1ccc(O)cc1F. The highest BCUT2D eigenvalue weighted by molar-refractivity contribution is 9.09. The van der Waals surface area contributed by atoms with E-state index < -0.39 is 0 Å². The summed E-state index contributed by atoms with van der Waals surface area (Å²) in [6.07, 6.45) is 0.631. The Bertz CT molecular complexity index is 273. The summed E-state index contributed by atoms with van der Waals surface area (Å²) in [4.78, 5) is 0.247. The second kappa shape index (κ2) is 3.90. The van der Waals surface area contributed by atoms with Crippen LogP contribution in [0, 0.1) is 5.82 Å². The van der Waals surface area contributed by atoms with Crippen molar-refractivity contribution in [2.45, 2.75) is 18.2 Å². The van der Waals surface area contributed by atoms with Crippen molar-refractivity contribution in [3.05, 3.63) is 29.6 Å². The van der Waals surface area contributed by atoms with Crippen molar-refractivity contribution in [3.63, 3.8) is 0 Å². The van der Waals surface area contributed by atoms with Crippen molar-refractivity contribution >= 4 is 15.9 Å². The van der Waals surface area contributed by atoms with Crippen LogP contribution in [0.1, 0.15) is 12.5 Å². The molecule has 0 radical (unpaired) electrons. The third-order valence-electron chi connectivity index (χ3n) is 1.54. The van der Waals surface area contributed by atoms with Crippen LogP contribution in [0.4, 0.5) is 4.39 Å². The summed E-state index contributed by atoms with van der Waals surface area (Å²) in [5.41, 5.74) is 0.622. The topological polar surface area (TPSA) is 20.2 Å². The maximum atomic E-state index is 13.0. The zero-order valence-corrected chi connectivity index (χ0v) is 8.31. The molecule has 0 spiro atoms. The largest absolute Gasteiger partial charge is 0.508 e. The van der Waals surface area contributed by atoms with Gasteiger partial charge in [-0.15, -0.1) is 0 Å². The van der Waals surface area contributed by atoms with Gasteiger partial charge in [-0.3, -0.25) is 0 Å². The lowest BCUT2D eigenvalue weighted by Gasteiger charge is -2.04. The van der Waals surface area contributed by atoms with Crippen LogP contribution in [0.3, 0.4) is 0 Å². The molecule has 1 unspecified atom stereocenters. The van der Waals surface area contributed by atoms with Gasteiger partial charge in [0.2, 0.25) is 0 Å². The molecule has 12 heavy (non-hydrogen) atoms. The van der Waals surface area contributed by atoms with E-state index in [0.29, 0.717) is 12.0 Å². The Balaban J connectivity index is 2.86. The molecule has 1 aromatic carbocycles. The summed E-state index contributed by atoms with van der Waals surface area (Å²) in [5, 5.41) is 8.92. The van der Waals surface area contributed by atoms with E-state index in [0.717, 1.165) is 6.07 Å². The van der Waals surface area contributed by atoms with Gasteiger partial charge >= 0.3 is 0 Å². The lowest BCUT2D eigenvalue weighted by molar-refractivity contribution is 0.468. The van der Waals surface area contributed by atoms with E-state index in [1.807, 2.05) is 6.92 Å². The van der Waals surface area contributed by atoms with E-state index in [1.54, 1.807) is 6.07 Å². The number of aromatic hydroxyl groups is 1. The van der Waals surface area contributed by atoms with Gasteiger partial charge in [0, 0.05) is 10.9 Å². The van der Waals surface area contributed by atoms with Crippen molar-refractivity contribution < 1.29 is 9.50 Å². The summed E-state index contributed by atoms with van der Waals surface area (Å²) in [5.74, 6) is -0.375. The number of phenols is 1. The average molecular weight is 233 g/mol. The molecular formula is C9H10BrFO. The van der Waals surface area contributed by atoms with Crippen LogP contribution in [0.25, 0.3) is 0 Å². The molecule has 0 bridgehead atoms. The molecule has 0 heterocycles. The van der Waals surface area contributed by atoms with Gasteiger partial charge in [0.1, 0.15) is 11.6 Å². The monoisotopic (exact) mass is 232 g/mol. The molecule has 66 valence electrons. The molecule has 0 saturated carbocycles. The summed E-state index contributed by atoms with van der Waals surface area (Å²) >= 11 is 3.33. The number of halogens is 2. The van der Waals surface area contributed by atoms with E-state index in [2.05, 4.69) is 15.9 Å². The van der Waals surface area contributed by atoms with Gasteiger partial charge < -0.3 is 5.11 Å². The van der Waals surface area contributed by atoms with E-state index in [1.165, 1.54) is 6.07 Å². The first-order valence-electron chi connectivity index (χ1n) is 3.71. The molecule has 0 aliphatic heterocycles. The second-order valence-electron chi connectivity index (χ2n) is 2.76. The van der Waals surface area contributed by atoms with E-state index >= 15 is 0 Å². The maximum absolute atomic E-state index is 13.0. The van der Waals surface area contributed by atoms with Crippen LogP contribution in [-0.4, -0.2) is 9.93 Å². The molecule has 0 fully saturated rings. The molecule has 3 heteroatoms. The Morgan fingerprint density at radius 3 is 2.75 bits per heavy atom. The number of phenolic OH excluding ortho intramolecular Hbond substituents is 1. The van der Waals surface area contributed by atoms with Crippen molar-refractivity contribution in [2.75, 3.05) is 0 Å². The normalized spacial score (nSPS) is 12.9. The summed E-state index contributed by atoms with van der Waals surface area (Å²) < 4.78 is 13.0. The van der Waals surface area contributed by atoms with Crippen LogP contribution in [-0.2, 0) is 6.42 Å². The smallest absolute Gasteiger partial charge is 0.130 e. The fourth-order valence-electron chi connectivity index (χ4n) is 1.00. The maximum Gasteiger partial charge on any atom is 0.130 e. The Morgan fingerprint density at radius 1 is 1.58 bits per heavy atom. The molecule has 1 N–H and O–H groups in total. The third-order valence-corrected chi connectivity index (χ3v) is 1.86. The number of rotatable bonds is 2. The standard InChI is InChI=1S/C9H10BrFO/c1-6(10)4-7-2-3-8(12)5-9(7)11/h2-3,5-6,12H,4H2,1H3. The zero-order chi connectivity index (χ0) is 9.14. The predicted octanol–water partition coefficient (Wildman–Crippen LogP) is 2.86. The van der Waals surface area contributed by atoms with Gasteiger partial charge in [0.05, 0.1) is 0 Å². The van der Waals surface area contributed by atoms with E-state index in [4.69, 9.17) is 5.11 Å². The van der Waals surface area contributed by atoms with Crippen molar-refractivity contribution in [1.82, 2.24) is 0 Å². The molecule has 1 aromatic rings. The van der Waals surface area contributed by atoms with Crippen LogP contribution >= 0.6 is 15.9 Å². The molecule has 0 aliphatic carbocycles. The molecule has 1 rings (SSSR count). The lowest BCUT2D eigenvalue weighted by Crippen LogP contribution is -1.98. The molecule has 0 aromatic heterocycles. The first kappa shape index (κ1) is 9.52. The first-order chi connectivity index (χ1) is 5.59. The Morgan fingerprint density at radius 2 is 2.25 bits per heavy atom. The fourth-order valence-corrected chi connectivity index (χ4v) is 1.35. The molecule has 0 amide bonds. The molecule has 1 atom stereocenters. The molecule has 1 nitrogen and oxygen atoms in total. The molecule has 0 saturated heterocycles. The number of alkyl halides is 1. The zero-order valence-electron chi connectivity index (χ0n) is 6.72. The minimum absolute atomic E-state index is 0.0292. The summed E-state index contributed by atoms with van der Waals surface area (Å²) in [6.45, 7) is 1.95. The minimum Gasteiger partial charge on any atom is -0.508 e. The van der Waals surface area contributed by atoms with E-state index in [9.17, 15) is 4.39 Å². The van der Waals surface area contributed by atoms with Crippen molar-refractivity contribution in [3.8, 4) is 5.75 Å². The number of hydrogen-bond acceptors (Lipinski definition) is 1. The third kappa shape index (κ3) is 2.48. The highest BCUT2D eigenvalue weighted by Crippen LogP contribution is 2.18. The van der Waals surface area contributed by atoms with Crippen LogP contribution in [0.2, 0.25) is 0 Å². The quantitative estimate of drug-likeness (QED) is 0.778. The van der Waals surface area contributed by atoms with Gasteiger partial charge in [-0.25, -0.2) is 4.39 Å². The Labute approximate surface area is 79.4 Å². The van der Waals surface area contributed by atoms with Crippen molar-refractivity contribution in [1.29, 1.82) is 0 Å². The Kier molecular flexibility index (Phi) is 3.09. The summed E-state index contributed by atoms with van der Waals surface area (Å²) in [7, 11) is 0. The lowest BCUT2D eigenvalue weighted by atomic mass is 10.1. The second-order valence-corrected chi connectivity index (χ2v) is 4.32. The Hall–Kier alpha value is -0.570. The minimum atomic E-state index is -0.346. The molecule has 0 aliphatic rings. The van der Waals surface area contributed by atoms with E-state index in [-0.39, 0.29) is 16.4 Å². The predicted molar refractivity (Wildman–Crippen MR) is 50.2 cm³/mol. The van der Waals surface area contributed by atoms with Crippen molar-refractivity contribution in [2.24, 2.45) is 0 Å². The average Bonchev–Trinajstić information content (AvgIpc) is 1.94. The molecular weight excluding hydrogens is 223 g/mol. The van der Waals surface area contributed by atoms with Crippen LogP contribution < -0.4 is 0 Å². The summed E-state index contributed by atoms with van der Waals surface area (Å²) in [6, 6.07) is 4.22. The van der Waals surface area contributed by atoms with Gasteiger partial charge in [0.25, 0.3) is 0 Å². The number of benzene rings is 1. The highest BCUT2D eigenvalue weighted by atomic mass is 79.9. The van der Waals surface area contributed by atoms with Gasteiger partial charge in [-0.1, -0.05) is 28.9 Å².